The lowest BCUT2D eigenvalue weighted by Gasteiger charge is -2.23. The average molecular weight is 366 g/mol. The number of nitrogens with one attached hydrogen (secondary N) is 1. The minimum atomic E-state index is -0.541. The Morgan fingerprint density at radius 1 is 1.44 bits per heavy atom. The van der Waals surface area contributed by atoms with Crippen LogP contribution in [-0.2, 0) is 0 Å². The number of carbonyl (C=O) groups is 1. The normalized spacial score (nSPS) is 16.2. The predicted molar refractivity (Wildman–Crippen MR) is 94.2 cm³/mol. The fourth-order valence-electron chi connectivity index (χ4n) is 3.17. The van der Waals surface area contributed by atoms with Crippen LogP contribution in [0.15, 0.2) is 22.7 Å². The van der Waals surface area contributed by atoms with Crippen LogP contribution in [0.25, 0.3) is 11.3 Å². The standard InChI is InChI=1S/C18H21ClFN3O2/c1-11(23-8-3-4-9-23)10-21-18(24)15-12(2)25-22-17(15)16-13(19)6-5-7-14(16)20/h5-7,11H,3-4,8-10H2,1-2H3,(H,21,24)/t11-/m0/s1. The second-order valence-corrected chi connectivity index (χ2v) is 6.77. The van der Waals surface area contributed by atoms with Gasteiger partial charge in [-0.15, -0.1) is 0 Å². The lowest BCUT2D eigenvalue weighted by molar-refractivity contribution is 0.0939. The smallest absolute Gasteiger partial charge is 0.257 e. The van der Waals surface area contributed by atoms with E-state index in [9.17, 15) is 9.18 Å². The van der Waals surface area contributed by atoms with Crippen molar-refractivity contribution >= 4 is 17.5 Å². The highest BCUT2D eigenvalue weighted by atomic mass is 35.5. The van der Waals surface area contributed by atoms with Crippen LogP contribution in [0.4, 0.5) is 4.39 Å². The topological polar surface area (TPSA) is 58.4 Å². The molecule has 1 saturated heterocycles. The zero-order chi connectivity index (χ0) is 18.0. The molecule has 3 rings (SSSR count). The van der Waals surface area contributed by atoms with Gasteiger partial charge in [-0.3, -0.25) is 9.69 Å². The van der Waals surface area contributed by atoms with Crippen LogP contribution in [0, 0.1) is 12.7 Å². The lowest BCUT2D eigenvalue weighted by Crippen LogP contribution is -2.40. The number of benzene rings is 1. The maximum atomic E-state index is 14.2. The van der Waals surface area contributed by atoms with E-state index in [4.69, 9.17) is 16.1 Å². The molecule has 25 heavy (non-hydrogen) atoms. The van der Waals surface area contributed by atoms with Crippen LogP contribution in [0.5, 0.6) is 0 Å². The highest BCUT2D eigenvalue weighted by Gasteiger charge is 2.26. The van der Waals surface area contributed by atoms with Crippen molar-refractivity contribution in [1.29, 1.82) is 0 Å². The predicted octanol–water partition coefficient (Wildman–Crippen LogP) is 3.66. The number of rotatable bonds is 5. The molecule has 1 aromatic carbocycles. The zero-order valence-electron chi connectivity index (χ0n) is 14.3. The van der Waals surface area contributed by atoms with Gasteiger partial charge in [0.05, 0.1) is 10.6 Å². The number of halogens is 2. The number of carbonyl (C=O) groups excluding carboxylic acids is 1. The number of nitrogens with zero attached hydrogens (tertiary/aromatic N) is 2. The first-order chi connectivity index (χ1) is 12.0. The van der Waals surface area contributed by atoms with Crippen molar-refractivity contribution in [2.75, 3.05) is 19.6 Å². The van der Waals surface area contributed by atoms with Gasteiger partial charge in [-0.1, -0.05) is 22.8 Å². The molecule has 1 aliphatic rings. The number of aryl methyl sites for hydroxylation is 1. The third-order valence-corrected chi connectivity index (χ3v) is 4.93. The highest BCUT2D eigenvalue weighted by Crippen LogP contribution is 2.33. The average Bonchev–Trinajstić information content (AvgIpc) is 3.22. The molecule has 7 heteroatoms. The maximum absolute atomic E-state index is 14.2. The first-order valence-corrected chi connectivity index (χ1v) is 8.79. The van der Waals surface area contributed by atoms with Crippen molar-refractivity contribution in [3.8, 4) is 11.3 Å². The number of amides is 1. The molecule has 2 aromatic rings. The second kappa shape index (κ2) is 7.54. The van der Waals surface area contributed by atoms with Crippen molar-refractivity contribution in [3.63, 3.8) is 0 Å². The number of hydrogen-bond donors (Lipinski definition) is 1. The van der Waals surface area contributed by atoms with Crippen molar-refractivity contribution < 1.29 is 13.7 Å². The zero-order valence-corrected chi connectivity index (χ0v) is 15.1. The summed E-state index contributed by atoms with van der Waals surface area (Å²) < 4.78 is 19.3. The van der Waals surface area contributed by atoms with Crippen LogP contribution in [0.2, 0.25) is 5.02 Å². The molecule has 0 aliphatic carbocycles. The van der Waals surface area contributed by atoms with E-state index in [0.29, 0.717) is 12.3 Å². The minimum absolute atomic E-state index is 0.0822. The van der Waals surface area contributed by atoms with E-state index in [-0.39, 0.29) is 33.8 Å². The summed E-state index contributed by atoms with van der Waals surface area (Å²) in [6, 6.07) is 4.59. The van der Waals surface area contributed by atoms with Crippen molar-refractivity contribution in [2.24, 2.45) is 0 Å². The van der Waals surface area contributed by atoms with Gasteiger partial charge >= 0.3 is 0 Å². The van der Waals surface area contributed by atoms with E-state index >= 15 is 0 Å². The summed E-state index contributed by atoms with van der Waals surface area (Å²) in [4.78, 5) is 15.0. The van der Waals surface area contributed by atoms with Crippen molar-refractivity contribution in [3.05, 3.63) is 40.4 Å². The quantitative estimate of drug-likeness (QED) is 0.878. The minimum Gasteiger partial charge on any atom is -0.360 e. The maximum Gasteiger partial charge on any atom is 0.257 e. The summed E-state index contributed by atoms with van der Waals surface area (Å²) in [6.07, 6.45) is 2.39. The Morgan fingerprint density at radius 2 is 2.16 bits per heavy atom. The molecule has 0 radical (unpaired) electrons. The first-order valence-electron chi connectivity index (χ1n) is 8.42. The van der Waals surface area contributed by atoms with Crippen LogP contribution in [0.3, 0.4) is 0 Å². The van der Waals surface area contributed by atoms with Gasteiger partial charge in [0.1, 0.15) is 22.8 Å². The summed E-state index contributed by atoms with van der Waals surface area (Å²) in [5.41, 5.74) is 0.436. The number of likely N-dealkylation sites (tertiary alicyclic amines) is 1. The molecule has 134 valence electrons. The molecular weight excluding hydrogens is 345 g/mol. The molecule has 1 fully saturated rings. The Bertz CT molecular complexity index is 751. The molecule has 0 spiro atoms. The van der Waals surface area contributed by atoms with Gasteiger partial charge < -0.3 is 9.84 Å². The van der Waals surface area contributed by atoms with Crippen molar-refractivity contribution in [1.82, 2.24) is 15.4 Å². The van der Waals surface area contributed by atoms with Gasteiger partial charge in [0.25, 0.3) is 5.91 Å². The Balaban J connectivity index is 1.80. The van der Waals surface area contributed by atoms with Gasteiger partial charge in [0.15, 0.2) is 0 Å². The van der Waals surface area contributed by atoms with E-state index in [0.717, 1.165) is 13.1 Å². The SMILES string of the molecule is Cc1onc(-c2c(F)cccc2Cl)c1C(=O)NC[C@H](C)N1CCCC1. The molecular formula is C18H21ClFN3O2. The number of hydrogen-bond acceptors (Lipinski definition) is 4. The Kier molecular flexibility index (Phi) is 5.39. The molecule has 1 aromatic heterocycles. The molecule has 1 N–H and O–H groups in total. The molecule has 0 saturated carbocycles. The van der Waals surface area contributed by atoms with Crippen molar-refractivity contribution in [2.45, 2.75) is 32.7 Å². The second-order valence-electron chi connectivity index (χ2n) is 6.36. The van der Waals surface area contributed by atoms with E-state index in [1.807, 2.05) is 0 Å². The highest BCUT2D eigenvalue weighted by molar-refractivity contribution is 6.33. The van der Waals surface area contributed by atoms with E-state index in [1.165, 1.54) is 25.0 Å². The molecule has 1 amide bonds. The Morgan fingerprint density at radius 3 is 2.84 bits per heavy atom. The Labute approximate surface area is 151 Å². The van der Waals surface area contributed by atoms with Gasteiger partial charge in [-0.05, 0) is 51.9 Å². The van der Waals surface area contributed by atoms with Crippen LogP contribution in [0.1, 0.15) is 35.9 Å². The van der Waals surface area contributed by atoms with E-state index < -0.39 is 5.82 Å². The fourth-order valence-corrected chi connectivity index (χ4v) is 3.43. The van der Waals surface area contributed by atoms with Gasteiger partial charge in [-0.25, -0.2) is 4.39 Å². The first kappa shape index (κ1) is 17.9. The molecule has 5 nitrogen and oxygen atoms in total. The third-order valence-electron chi connectivity index (χ3n) is 4.61. The molecule has 1 aliphatic heterocycles. The molecule has 1 atom stereocenters. The largest absolute Gasteiger partial charge is 0.360 e. The summed E-state index contributed by atoms with van der Waals surface area (Å²) in [5.74, 6) is -0.542. The van der Waals surface area contributed by atoms with Crippen LogP contribution >= 0.6 is 11.6 Å². The Hall–Kier alpha value is -1.92. The molecule has 0 bridgehead atoms. The summed E-state index contributed by atoms with van der Waals surface area (Å²) in [7, 11) is 0. The van der Waals surface area contributed by atoms with E-state index in [2.05, 4.69) is 22.3 Å². The molecule has 0 unspecified atom stereocenters. The van der Waals surface area contributed by atoms with Gasteiger partial charge in [0.2, 0.25) is 0 Å². The third kappa shape index (κ3) is 3.70. The summed E-state index contributed by atoms with van der Waals surface area (Å²) in [6.45, 7) is 6.33. The van der Waals surface area contributed by atoms with E-state index in [1.54, 1.807) is 13.0 Å². The number of aromatic nitrogens is 1. The lowest BCUT2D eigenvalue weighted by atomic mass is 10.0. The van der Waals surface area contributed by atoms with Crippen LogP contribution < -0.4 is 5.32 Å². The molecule has 2 heterocycles. The fraction of sp³-hybridized carbons (Fsp3) is 0.444. The summed E-state index contributed by atoms with van der Waals surface area (Å²) in [5, 5.41) is 6.96. The summed E-state index contributed by atoms with van der Waals surface area (Å²) >= 11 is 6.10. The van der Waals surface area contributed by atoms with Gasteiger partial charge in [-0.2, -0.15) is 0 Å². The monoisotopic (exact) mass is 365 g/mol. The van der Waals surface area contributed by atoms with Gasteiger partial charge in [0, 0.05) is 12.6 Å². The van der Waals surface area contributed by atoms with Crippen LogP contribution in [-0.4, -0.2) is 41.6 Å².